The lowest BCUT2D eigenvalue weighted by atomic mass is 10.1. The number of halogens is 3. The first-order valence-electron chi connectivity index (χ1n) is 3.59. The molecule has 0 bridgehead atoms. The van der Waals surface area contributed by atoms with Gasteiger partial charge >= 0.3 is 5.97 Å². The summed E-state index contributed by atoms with van der Waals surface area (Å²) in [5.41, 5.74) is -1.35. The van der Waals surface area contributed by atoms with Crippen LogP contribution in [0.3, 0.4) is 0 Å². The third kappa shape index (κ3) is 2.20. The Bertz CT molecular complexity index is 457. The first-order chi connectivity index (χ1) is 6.99. The summed E-state index contributed by atoms with van der Waals surface area (Å²) < 4.78 is 24.9. The Hall–Kier alpha value is -1.30. The molecule has 78 valence electrons. The third-order valence-corrected chi connectivity index (χ3v) is 2.69. The molecule has 0 atom stereocenters. The van der Waals surface area contributed by atoms with E-state index in [0.717, 1.165) is 6.20 Å². The summed E-state index contributed by atoms with van der Waals surface area (Å²) in [7, 11) is 0. The van der Waals surface area contributed by atoms with E-state index >= 15 is 0 Å². The van der Waals surface area contributed by atoms with Crippen molar-refractivity contribution in [3.05, 3.63) is 26.6 Å². The van der Waals surface area contributed by atoms with Crippen LogP contribution in [0.1, 0.15) is 28.0 Å². The quantitative estimate of drug-likeness (QED) is 0.847. The highest BCUT2D eigenvalue weighted by Crippen LogP contribution is 2.28. The number of carbonyl (C=O) groups is 1. The van der Waals surface area contributed by atoms with Crippen LogP contribution in [0.2, 0.25) is 0 Å². The van der Waals surface area contributed by atoms with Crippen molar-refractivity contribution < 1.29 is 18.7 Å². The van der Waals surface area contributed by atoms with Crippen molar-refractivity contribution in [3.8, 4) is 6.07 Å². The van der Waals surface area contributed by atoms with Crippen LogP contribution < -0.4 is 0 Å². The minimum atomic E-state index is -2.90. The van der Waals surface area contributed by atoms with Gasteiger partial charge in [-0.05, 0) is 22.6 Å². The van der Waals surface area contributed by atoms with E-state index in [1.54, 1.807) is 6.07 Å². The highest BCUT2D eigenvalue weighted by atomic mass is 127. The first kappa shape index (κ1) is 11.8. The van der Waals surface area contributed by atoms with Gasteiger partial charge < -0.3 is 5.11 Å². The number of pyridine rings is 1. The molecule has 7 heteroatoms. The average molecular weight is 324 g/mol. The van der Waals surface area contributed by atoms with Crippen LogP contribution in [0.15, 0.2) is 6.20 Å². The summed E-state index contributed by atoms with van der Waals surface area (Å²) in [4.78, 5) is 14.0. The van der Waals surface area contributed by atoms with E-state index in [4.69, 9.17) is 10.4 Å². The van der Waals surface area contributed by atoms with Gasteiger partial charge in [-0.2, -0.15) is 5.26 Å². The van der Waals surface area contributed by atoms with Gasteiger partial charge in [0.15, 0.2) is 5.69 Å². The van der Waals surface area contributed by atoms with Crippen LogP contribution in [0, 0.1) is 14.9 Å². The molecule has 0 aliphatic heterocycles. The topological polar surface area (TPSA) is 74.0 Å². The summed E-state index contributed by atoms with van der Waals surface area (Å²) in [6, 6.07) is 1.54. The zero-order valence-electron chi connectivity index (χ0n) is 7.04. The molecule has 15 heavy (non-hydrogen) atoms. The maximum absolute atomic E-state index is 12.5. The first-order valence-corrected chi connectivity index (χ1v) is 4.66. The lowest BCUT2D eigenvalue weighted by molar-refractivity contribution is 0.0688. The standard InChI is InChI=1S/C8H3F2IN2O2/c9-7(10)4-3(1-12)2-13-6(5(4)11)8(14)15/h2,7H,(H,14,15). The van der Waals surface area contributed by atoms with Gasteiger partial charge in [-0.25, -0.2) is 18.6 Å². The highest BCUT2D eigenvalue weighted by Gasteiger charge is 2.23. The van der Waals surface area contributed by atoms with Crippen LogP contribution >= 0.6 is 22.6 Å². The maximum atomic E-state index is 12.5. The van der Waals surface area contributed by atoms with Crippen molar-refractivity contribution in [2.75, 3.05) is 0 Å². The number of alkyl halides is 2. The van der Waals surface area contributed by atoms with E-state index in [-0.39, 0.29) is 9.13 Å². The van der Waals surface area contributed by atoms with Gasteiger partial charge in [-0.1, -0.05) is 0 Å². The Kier molecular flexibility index (Phi) is 3.52. The van der Waals surface area contributed by atoms with Crippen LogP contribution in [-0.2, 0) is 0 Å². The van der Waals surface area contributed by atoms with Crippen molar-refractivity contribution >= 4 is 28.6 Å². The van der Waals surface area contributed by atoms with E-state index in [9.17, 15) is 13.6 Å². The lowest BCUT2D eigenvalue weighted by Crippen LogP contribution is -2.08. The molecule has 0 aliphatic rings. The second kappa shape index (κ2) is 4.48. The number of carboxylic acid groups (broad SMARTS) is 1. The molecule has 0 unspecified atom stereocenters. The number of hydrogen-bond acceptors (Lipinski definition) is 3. The fourth-order valence-corrected chi connectivity index (χ4v) is 1.85. The van der Waals surface area contributed by atoms with Gasteiger partial charge in [0.1, 0.15) is 6.07 Å². The second-order valence-electron chi connectivity index (χ2n) is 2.47. The molecule has 0 saturated heterocycles. The molecular formula is C8H3F2IN2O2. The molecule has 0 fully saturated rings. The van der Waals surface area contributed by atoms with Gasteiger partial charge in [0.2, 0.25) is 0 Å². The molecule has 0 spiro atoms. The second-order valence-corrected chi connectivity index (χ2v) is 3.54. The molecule has 0 radical (unpaired) electrons. The summed E-state index contributed by atoms with van der Waals surface area (Å²) in [6.45, 7) is 0. The molecule has 1 N–H and O–H groups in total. The molecule has 1 heterocycles. The number of aromatic nitrogens is 1. The SMILES string of the molecule is N#Cc1cnc(C(=O)O)c(I)c1C(F)F. The van der Waals surface area contributed by atoms with E-state index in [1.165, 1.54) is 22.6 Å². The maximum Gasteiger partial charge on any atom is 0.355 e. The van der Waals surface area contributed by atoms with Crippen LogP contribution in [-0.4, -0.2) is 16.1 Å². The molecule has 0 aromatic carbocycles. The minimum absolute atomic E-state index is 0.200. The Balaban J connectivity index is 3.51. The third-order valence-electron chi connectivity index (χ3n) is 1.60. The Labute approximate surface area is 96.7 Å². The van der Waals surface area contributed by atoms with E-state index in [2.05, 4.69) is 4.98 Å². The van der Waals surface area contributed by atoms with Gasteiger partial charge in [0.25, 0.3) is 6.43 Å². The predicted octanol–water partition coefficient (Wildman–Crippen LogP) is 2.19. The number of hydrogen-bond donors (Lipinski definition) is 1. The number of carboxylic acids is 1. The van der Waals surface area contributed by atoms with Crippen LogP contribution in [0.4, 0.5) is 8.78 Å². The van der Waals surface area contributed by atoms with Gasteiger partial charge in [0.05, 0.1) is 14.7 Å². The van der Waals surface area contributed by atoms with Crippen LogP contribution in [0.25, 0.3) is 0 Å². The fourth-order valence-electron chi connectivity index (χ4n) is 0.953. The molecule has 0 aliphatic carbocycles. The predicted molar refractivity (Wildman–Crippen MR) is 53.6 cm³/mol. The number of nitrogens with zero attached hydrogens (tertiary/aromatic N) is 2. The monoisotopic (exact) mass is 324 g/mol. The van der Waals surface area contributed by atoms with Crippen molar-refractivity contribution in [1.82, 2.24) is 4.98 Å². The molecule has 4 nitrogen and oxygen atoms in total. The summed E-state index contributed by atoms with van der Waals surface area (Å²) >= 11 is 1.45. The summed E-state index contributed by atoms with van der Waals surface area (Å²) in [5, 5.41) is 17.2. The Morgan fingerprint density at radius 3 is 2.67 bits per heavy atom. The smallest absolute Gasteiger partial charge is 0.355 e. The lowest BCUT2D eigenvalue weighted by Gasteiger charge is -2.07. The van der Waals surface area contributed by atoms with Crippen LogP contribution in [0.5, 0.6) is 0 Å². The molecule has 1 aromatic rings. The van der Waals surface area contributed by atoms with Gasteiger partial charge in [-0.3, -0.25) is 0 Å². The fraction of sp³-hybridized carbons (Fsp3) is 0.125. The zero-order chi connectivity index (χ0) is 11.6. The molecule has 1 aromatic heterocycles. The molecule has 0 amide bonds. The Morgan fingerprint density at radius 1 is 1.67 bits per heavy atom. The molecular weight excluding hydrogens is 321 g/mol. The molecule has 1 rings (SSSR count). The molecule has 0 saturated carbocycles. The minimum Gasteiger partial charge on any atom is -0.476 e. The zero-order valence-corrected chi connectivity index (χ0v) is 9.20. The summed E-state index contributed by atoms with van der Waals surface area (Å²) in [5.74, 6) is -1.40. The number of rotatable bonds is 2. The number of nitriles is 1. The van der Waals surface area contributed by atoms with Crippen molar-refractivity contribution in [3.63, 3.8) is 0 Å². The van der Waals surface area contributed by atoms with Gasteiger partial charge in [0, 0.05) is 6.20 Å². The normalized spacial score (nSPS) is 10.1. The van der Waals surface area contributed by atoms with Crippen molar-refractivity contribution in [2.45, 2.75) is 6.43 Å². The van der Waals surface area contributed by atoms with E-state index in [0.29, 0.717) is 0 Å². The number of aromatic carboxylic acids is 1. The van der Waals surface area contributed by atoms with Gasteiger partial charge in [-0.15, -0.1) is 0 Å². The largest absolute Gasteiger partial charge is 0.476 e. The Morgan fingerprint density at radius 2 is 2.27 bits per heavy atom. The summed E-state index contributed by atoms with van der Waals surface area (Å²) in [6.07, 6.45) is -2.06. The van der Waals surface area contributed by atoms with Crippen molar-refractivity contribution in [2.24, 2.45) is 0 Å². The van der Waals surface area contributed by atoms with E-state index in [1.807, 2.05) is 0 Å². The highest BCUT2D eigenvalue weighted by molar-refractivity contribution is 14.1. The average Bonchev–Trinajstić information content (AvgIpc) is 2.15. The van der Waals surface area contributed by atoms with E-state index < -0.39 is 23.7 Å². The van der Waals surface area contributed by atoms with Crippen molar-refractivity contribution in [1.29, 1.82) is 5.26 Å².